The summed E-state index contributed by atoms with van der Waals surface area (Å²) in [6.07, 6.45) is 1.41. The van der Waals surface area contributed by atoms with Gasteiger partial charge < -0.3 is 30.1 Å². The number of rotatable bonds is 9. The number of aliphatic hydroxyl groups excluding tert-OH is 1. The minimum atomic E-state index is -1.19. The summed E-state index contributed by atoms with van der Waals surface area (Å²) in [6.45, 7) is 5.81. The SMILES string of the molecule is CCOc1ccc(NC(=O)[C@H]2[C@H]3C(=O)N([C@@H](CC)CO)C(C(=O)Nc4ccc(Cl)cc4)C34CC[C@]2(C)O4)cc1. The molecule has 0 saturated carbocycles. The van der Waals surface area contributed by atoms with E-state index < -0.39 is 41.0 Å². The molecule has 1 spiro atoms. The first-order chi connectivity index (χ1) is 18.7. The highest BCUT2D eigenvalue weighted by molar-refractivity contribution is 6.30. The van der Waals surface area contributed by atoms with Gasteiger partial charge in [-0.2, -0.15) is 0 Å². The van der Waals surface area contributed by atoms with E-state index in [-0.39, 0.29) is 18.4 Å². The van der Waals surface area contributed by atoms with Gasteiger partial charge in [0.1, 0.15) is 17.4 Å². The lowest BCUT2D eigenvalue weighted by Gasteiger charge is -2.36. The normalized spacial score (nSPS) is 29.7. The Balaban J connectivity index is 1.48. The number of likely N-dealkylation sites (tertiary alicyclic amines) is 1. The maximum atomic E-state index is 14.1. The summed E-state index contributed by atoms with van der Waals surface area (Å²) in [5, 5.41) is 16.5. The number of benzene rings is 2. The molecule has 6 atom stereocenters. The lowest BCUT2D eigenvalue weighted by atomic mass is 9.66. The molecule has 0 radical (unpaired) electrons. The molecular formula is C29H34ClN3O6. The Morgan fingerprint density at radius 3 is 2.28 bits per heavy atom. The van der Waals surface area contributed by atoms with Crippen molar-refractivity contribution in [2.24, 2.45) is 11.8 Å². The molecular weight excluding hydrogens is 522 g/mol. The van der Waals surface area contributed by atoms with E-state index in [1.54, 1.807) is 48.5 Å². The lowest BCUT2D eigenvalue weighted by molar-refractivity contribution is -0.146. The number of hydrogen-bond acceptors (Lipinski definition) is 6. The minimum Gasteiger partial charge on any atom is -0.494 e. The van der Waals surface area contributed by atoms with E-state index in [2.05, 4.69) is 10.6 Å². The summed E-state index contributed by atoms with van der Waals surface area (Å²) in [4.78, 5) is 43.2. The smallest absolute Gasteiger partial charge is 0.250 e. The second kappa shape index (κ2) is 10.4. The number of aliphatic hydroxyl groups is 1. The number of halogens is 1. The molecule has 0 aliphatic carbocycles. The van der Waals surface area contributed by atoms with Crippen LogP contribution in [0.25, 0.3) is 0 Å². The van der Waals surface area contributed by atoms with Gasteiger partial charge in [0, 0.05) is 16.4 Å². The molecule has 3 aliphatic heterocycles. The van der Waals surface area contributed by atoms with Crippen molar-refractivity contribution in [2.45, 2.75) is 63.3 Å². The lowest BCUT2D eigenvalue weighted by Crippen LogP contribution is -2.56. The highest BCUT2D eigenvalue weighted by atomic mass is 35.5. The second-order valence-electron chi connectivity index (χ2n) is 10.7. The van der Waals surface area contributed by atoms with Gasteiger partial charge in [-0.05, 0) is 81.6 Å². The van der Waals surface area contributed by atoms with Crippen molar-refractivity contribution in [1.29, 1.82) is 0 Å². The molecule has 2 bridgehead atoms. The van der Waals surface area contributed by atoms with Crippen LogP contribution < -0.4 is 15.4 Å². The molecule has 5 rings (SSSR count). The van der Waals surface area contributed by atoms with Gasteiger partial charge in [0.25, 0.3) is 0 Å². The van der Waals surface area contributed by atoms with Crippen LogP contribution in [-0.4, -0.2) is 64.2 Å². The average Bonchev–Trinajstić information content (AvgIpc) is 3.48. The van der Waals surface area contributed by atoms with Crippen LogP contribution >= 0.6 is 11.6 Å². The highest BCUT2D eigenvalue weighted by Gasteiger charge is 2.78. The molecule has 3 N–H and O–H groups in total. The zero-order valence-corrected chi connectivity index (χ0v) is 23.0. The molecule has 3 amide bonds. The molecule has 208 valence electrons. The molecule has 0 aromatic heterocycles. The van der Waals surface area contributed by atoms with Crippen molar-refractivity contribution < 1.29 is 29.0 Å². The number of carbonyl (C=O) groups excluding carboxylic acids is 3. The van der Waals surface area contributed by atoms with E-state index in [0.717, 1.165) is 0 Å². The maximum Gasteiger partial charge on any atom is 0.250 e. The second-order valence-corrected chi connectivity index (χ2v) is 11.1. The Morgan fingerprint density at radius 1 is 1.08 bits per heavy atom. The standard InChI is InChI=1S/C29H34ClN3O6/c1-4-20(16-34)33-24(26(36)32-18-8-6-17(30)7-9-18)29-15-14-28(3,39-29)22(23(29)27(33)37)25(35)31-19-10-12-21(13-11-19)38-5-2/h6-13,20,22-24,34H,4-5,14-16H2,1-3H3,(H,31,35)(H,32,36)/t20-,22+,23-,24?,28-,29?/m0/s1. The Kier molecular flexibility index (Phi) is 7.35. The van der Waals surface area contributed by atoms with Crippen molar-refractivity contribution in [3.63, 3.8) is 0 Å². The number of hydrogen-bond donors (Lipinski definition) is 3. The highest BCUT2D eigenvalue weighted by Crippen LogP contribution is 2.63. The number of fused-ring (bicyclic) bond motifs is 1. The molecule has 3 fully saturated rings. The number of ether oxygens (including phenoxy) is 2. The van der Waals surface area contributed by atoms with Gasteiger partial charge in [0.15, 0.2) is 0 Å². The van der Waals surface area contributed by atoms with Crippen LogP contribution in [0.2, 0.25) is 5.02 Å². The van der Waals surface area contributed by atoms with Crippen LogP contribution in [0.15, 0.2) is 48.5 Å². The molecule has 10 heteroatoms. The minimum absolute atomic E-state index is 0.309. The molecule has 39 heavy (non-hydrogen) atoms. The van der Waals surface area contributed by atoms with Crippen molar-refractivity contribution in [2.75, 3.05) is 23.8 Å². The Hall–Kier alpha value is -3.14. The number of anilines is 2. The molecule has 3 aliphatic rings. The van der Waals surface area contributed by atoms with Gasteiger partial charge in [-0.3, -0.25) is 14.4 Å². The van der Waals surface area contributed by atoms with Crippen LogP contribution in [0, 0.1) is 11.8 Å². The Labute approximate surface area is 232 Å². The van der Waals surface area contributed by atoms with E-state index >= 15 is 0 Å². The van der Waals surface area contributed by atoms with Crippen molar-refractivity contribution >= 4 is 40.7 Å². The summed E-state index contributed by atoms with van der Waals surface area (Å²) in [7, 11) is 0. The van der Waals surface area contributed by atoms with Crippen LogP contribution in [0.3, 0.4) is 0 Å². The molecule has 9 nitrogen and oxygen atoms in total. The first kappa shape index (κ1) is 27.4. The number of amides is 3. The van der Waals surface area contributed by atoms with E-state index in [4.69, 9.17) is 21.1 Å². The van der Waals surface area contributed by atoms with Crippen molar-refractivity contribution in [3.05, 3.63) is 53.6 Å². The van der Waals surface area contributed by atoms with Crippen LogP contribution in [-0.2, 0) is 19.1 Å². The fourth-order valence-electron chi connectivity index (χ4n) is 6.64. The van der Waals surface area contributed by atoms with Gasteiger partial charge in [-0.1, -0.05) is 18.5 Å². The first-order valence-electron chi connectivity index (χ1n) is 13.4. The third-order valence-electron chi connectivity index (χ3n) is 8.37. The summed E-state index contributed by atoms with van der Waals surface area (Å²) >= 11 is 6.00. The third-order valence-corrected chi connectivity index (χ3v) is 8.62. The van der Waals surface area contributed by atoms with E-state index in [9.17, 15) is 19.5 Å². The topological polar surface area (TPSA) is 117 Å². The van der Waals surface area contributed by atoms with Crippen LogP contribution in [0.4, 0.5) is 11.4 Å². The zero-order valence-electron chi connectivity index (χ0n) is 22.3. The van der Waals surface area contributed by atoms with E-state index in [1.807, 2.05) is 20.8 Å². The molecule has 3 heterocycles. The molecule has 3 saturated heterocycles. The monoisotopic (exact) mass is 555 g/mol. The first-order valence-corrected chi connectivity index (χ1v) is 13.8. The fourth-order valence-corrected chi connectivity index (χ4v) is 6.76. The fraction of sp³-hybridized carbons (Fsp3) is 0.483. The summed E-state index contributed by atoms with van der Waals surface area (Å²) in [6, 6.07) is 12.1. The maximum absolute atomic E-state index is 14.1. The van der Waals surface area contributed by atoms with Crippen molar-refractivity contribution in [3.8, 4) is 5.75 Å². The quantitative estimate of drug-likeness (QED) is 0.433. The van der Waals surface area contributed by atoms with Gasteiger partial charge in [0.05, 0.1) is 36.7 Å². The van der Waals surface area contributed by atoms with E-state index in [1.165, 1.54) is 4.90 Å². The number of nitrogens with zero attached hydrogens (tertiary/aromatic N) is 1. The molecule has 2 unspecified atom stereocenters. The molecule has 2 aromatic rings. The summed E-state index contributed by atoms with van der Waals surface area (Å²) < 4.78 is 12.1. The number of carbonyl (C=O) groups is 3. The predicted octanol–water partition coefficient (Wildman–Crippen LogP) is 3.85. The van der Waals surface area contributed by atoms with Crippen LogP contribution in [0.1, 0.15) is 40.0 Å². The van der Waals surface area contributed by atoms with Crippen LogP contribution in [0.5, 0.6) is 5.75 Å². The van der Waals surface area contributed by atoms with E-state index in [0.29, 0.717) is 48.0 Å². The third kappa shape index (κ3) is 4.56. The average molecular weight is 556 g/mol. The van der Waals surface area contributed by atoms with Gasteiger partial charge >= 0.3 is 0 Å². The summed E-state index contributed by atoms with van der Waals surface area (Å²) in [5.74, 6) is -2.08. The zero-order chi connectivity index (χ0) is 27.9. The largest absolute Gasteiger partial charge is 0.494 e. The van der Waals surface area contributed by atoms with Gasteiger partial charge in [-0.15, -0.1) is 0 Å². The Morgan fingerprint density at radius 2 is 1.69 bits per heavy atom. The van der Waals surface area contributed by atoms with Crippen molar-refractivity contribution in [1.82, 2.24) is 4.90 Å². The predicted molar refractivity (Wildman–Crippen MR) is 147 cm³/mol. The molecule has 2 aromatic carbocycles. The van der Waals surface area contributed by atoms with Gasteiger partial charge in [0.2, 0.25) is 17.7 Å². The number of nitrogens with one attached hydrogen (secondary N) is 2. The summed E-state index contributed by atoms with van der Waals surface area (Å²) in [5.41, 5.74) is -1.00. The van der Waals surface area contributed by atoms with Gasteiger partial charge in [-0.25, -0.2) is 0 Å². The Bertz CT molecular complexity index is 1250.